The van der Waals surface area contributed by atoms with Crippen LogP contribution in [0.5, 0.6) is 0 Å². The van der Waals surface area contributed by atoms with Crippen molar-refractivity contribution < 1.29 is 18.0 Å². The Balaban J connectivity index is 2.66. The van der Waals surface area contributed by atoms with Gasteiger partial charge in [0.15, 0.2) is 5.54 Å². The van der Waals surface area contributed by atoms with Crippen LogP contribution in [0.15, 0.2) is 24.3 Å². The van der Waals surface area contributed by atoms with Gasteiger partial charge < -0.3 is 16.0 Å². The summed E-state index contributed by atoms with van der Waals surface area (Å²) in [6, 6.07) is 7.09. The molecule has 0 radical (unpaired) electrons. The fraction of sp³-hybridized carbons (Fsp3) is 0.462. The number of halogens is 3. The van der Waals surface area contributed by atoms with Crippen LogP contribution >= 0.6 is 0 Å². The summed E-state index contributed by atoms with van der Waals surface area (Å²) in [7, 11) is 3.75. The number of nitrogens with zero attached hydrogens (tertiary/aromatic N) is 1. The Bertz CT molecular complexity index is 467. The van der Waals surface area contributed by atoms with E-state index in [0.29, 0.717) is 12.5 Å². The molecule has 0 aromatic heterocycles. The van der Waals surface area contributed by atoms with Crippen LogP contribution in [0.2, 0.25) is 0 Å². The second-order valence-corrected chi connectivity index (χ2v) is 4.94. The molecule has 1 unspecified atom stereocenters. The zero-order chi connectivity index (χ0) is 15.6. The van der Waals surface area contributed by atoms with Crippen molar-refractivity contribution >= 4 is 11.6 Å². The van der Waals surface area contributed by atoms with Crippen LogP contribution < -0.4 is 16.0 Å². The van der Waals surface area contributed by atoms with E-state index in [-0.39, 0.29) is 6.54 Å². The van der Waals surface area contributed by atoms with Gasteiger partial charge in [0, 0.05) is 26.3 Å². The molecule has 1 aromatic rings. The number of alkyl halides is 3. The van der Waals surface area contributed by atoms with Crippen LogP contribution in [0.25, 0.3) is 0 Å². The van der Waals surface area contributed by atoms with Crippen molar-refractivity contribution in [2.75, 3.05) is 19.0 Å². The minimum absolute atomic E-state index is 0.00455. The molecule has 112 valence electrons. The molecule has 0 saturated heterocycles. The van der Waals surface area contributed by atoms with Gasteiger partial charge in [0.1, 0.15) is 0 Å². The Morgan fingerprint density at radius 1 is 1.25 bits per heavy atom. The van der Waals surface area contributed by atoms with Crippen LogP contribution in [0.1, 0.15) is 12.5 Å². The number of carbonyl (C=O) groups excluding carboxylic acids is 1. The average molecular weight is 289 g/mol. The molecule has 0 bridgehead atoms. The molecule has 0 aliphatic rings. The van der Waals surface area contributed by atoms with Gasteiger partial charge in [-0.25, -0.2) is 0 Å². The third kappa shape index (κ3) is 3.63. The highest BCUT2D eigenvalue weighted by molar-refractivity contribution is 5.86. The van der Waals surface area contributed by atoms with Crippen LogP contribution in [0.4, 0.5) is 18.9 Å². The fourth-order valence-corrected chi connectivity index (χ4v) is 1.41. The maximum absolute atomic E-state index is 12.6. The highest BCUT2D eigenvalue weighted by Crippen LogP contribution is 2.28. The van der Waals surface area contributed by atoms with Crippen molar-refractivity contribution in [1.29, 1.82) is 0 Å². The minimum Gasteiger partial charge on any atom is -0.378 e. The number of hydrogen-bond acceptors (Lipinski definition) is 3. The molecule has 20 heavy (non-hydrogen) atoms. The zero-order valence-electron chi connectivity index (χ0n) is 11.6. The van der Waals surface area contributed by atoms with Gasteiger partial charge in [-0.2, -0.15) is 13.2 Å². The number of rotatable bonds is 4. The van der Waals surface area contributed by atoms with Crippen molar-refractivity contribution in [3.63, 3.8) is 0 Å². The molecule has 0 saturated carbocycles. The zero-order valence-corrected chi connectivity index (χ0v) is 11.6. The first-order chi connectivity index (χ1) is 9.05. The van der Waals surface area contributed by atoms with Crippen molar-refractivity contribution in [2.24, 2.45) is 5.73 Å². The number of amides is 1. The van der Waals surface area contributed by atoms with Crippen LogP contribution in [0, 0.1) is 0 Å². The number of carbonyl (C=O) groups is 1. The largest absolute Gasteiger partial charge is 0.415 e. The Hall–Kier alpha value is -1.76. The normalized spacial score (nSPS) is 14.6. The highest BCUT2D eigenvalue weighted by Gasteiger charge is 2.53. The lowest BCUT2D eigenvalue weighted by molar-refractivity contribution is -0.187. The summed E-state index contributed by atoms with van der Waals surface area (Å²) in [6.45, 7) is 0.646. The van der Waals surface area contributed by atoms with Gasteiger partial charge in [0.25, 0.3) is 0 Å². The van der Waals surface area contributed by atoms with Gasteiger partial charge in [0.05, 0.1) is 0 Å². The minimum atomic E-state index is -4.79. The third-order valence-electron chi connectivity index (χ3n) is 2.97. The van der Waals surface area contributed by atoms with Crippen LogP contribution in [-0.4, -0.2) is 31.7 Å². The number of nitrogens with two attached hydrogens (primary N) is 1. The molecule has 4 nitrogen and oxygen atoms in total. The fourth-order valence-electron chi connectivity index (χ4n) is 1.41. The molecule has 0 spiro atoms. The first-order valence-corrected chi connectivity index (χ1v) is 5.96. The standard InChI is InChI=1S/C13H18F3N3O/c1-12(17,13(14,15)16)11(20)18-8-9-4-6-10(7-5-9)19(2)3/h4-7H,8,17H2,1-3H3,(H,18,20). The predicted octanol–water partition coefficient (Wildman–Crippen LogP) is 1.65. The maximum atomic E-state index is 12.6. The molecule has 1 amide bonds. The summed E-state index contributed by atoms with van der Waals surface area (Å²) < 4.78 is 37.7. The van der Waals surface area contributed by atoms with E-state index in [4.69, 9.17) is 5.73 Å². The predicted molar refractivity (Wildman–Crippen MR) is 71.3 cm³/mol. The highest BCUT2D eigenvalue weighted by atomic mass is 19.4. The lowest BCUT2D eigenvalue weighted by Gasteiger charge is -2.26. The van der Waals surface area contributed by atoms with Crippen molar-refractivity contribution in [1.82, 2.24) is 5.32 Å². The molecule has 3 N–H and O–H groups in total. The summed E-state index contributed by atoms with van der Waals surface area (Å²) in [4.78, 5) is 13.4. The van der Waals surface area contributed by atoms with Crippen LogP contribution in [0.3, 0.4) is 0 Å². The average Bonchev–Trinajstić information content (AvgIpc) is 2.34. The lowest BCUT2D eigenvalue weighted by atomic mass is 10.0. The summed E-state index contributed by atoms with van der Waals surface area (Å²) >= 11 is 0. The lowest BCUT2D eigenvalue weighted by Crippen LogP contribution is -2.61. The Labute approximate surface area is 115 Å². The Morgan fingerprint density at radius 3 is 2.15 bits per heavy atom. The molecular weight excluding hydrogens is 271 g/mol. The van der Waals surface area contributed by atoms with Crippen LogP contribution in [-0.2, 0) is 11.3 Å². The molecule has 0 aliphatic carbocycles. The van der Waals surface area contributed by atoms with Gasteiger partial charge in [0.2, 0.25) is 5.91 Å². The first-order valence-electron chi connectivity index (χ1n) is 5.96. The number of nitrogens with one attached hydrogen (secondary N) is 1. The van der Waals surface area contributed by atoms with Gasteiger partial charge in [-0.05, 0) is 24.6 Å². The van der Waals surface area contributed by atoms with E-state index in [2.05, 4.69) is 5.32 Å². The van der Waals surface area contributed by atoms with E-state index in [9.17, 15) is 18.0 Å². The second kappa shape index (κ2) is 5.70. The maximum Gasteiger partial charge on any atom is 0.415 e. The van der Waals surface area contributed by atoms with E-state index in [1.54, 1.807) is 12.1 Å². The molecule has 1 rings (SSSR count). The van der Waals surface area contributed by atoms with Gasteiger partial charge in [-0.3, -0.25) is 4.79 Å². The van der Waals surface area contributed by atoms with Gasteiger partial charge in [-0.1, -0.05) is 12.1 Å². The number of benzene rings is 1. The first kappa shape index (κ1) is 16.3. The number of anilines is 1. The van der Waals surface area contributed by atoms with Gasteiger partial charge >= 0.3 is 6.18 Å². The van der Waals surface area contributed by atoms with E-state index < -0.39 is 17.6 Å². The van der Waals surface area contributed by atoms with E-state index in [1.807, 2.05) is 31.1 Å². The van der Waals surface area contributed by atoms with Crippen molar-refractivity contribution in [3.8, 4) is 0 Å². The topological polar surface area (TPSA) is 58.4 Å². The molecule has 0 aliphatic heterocycles. The molecule has 7 heteroatoms. The summed E-state index contributed by atoms with van der Waals surface area (Å²) in [6.07, 6.45) is -4.79. The van der Waals surface area contributed by atoms with Gasteiger partial charge in [-0.15, -0.1) is 0 Å². The smallest absolute Gasteiger partial charge is 0.378 e. The Kier molecular flexibility index (Phi) is 4.65. The van der Waals surface area contributed by atoms with Crippen molar-refractivity contribution in [3.05, 3.63) is 29.8 Å². The quantitative estimate of drug-likeness (QED) is 0.886. The summed E-state index contributed by atoms with van der Waals surface area (Å²) in [5.41, 5.74) is 3.78. The number of hydrogen-bond donors (Lipinski definition) is 2. The van der Waals surface area contributed by atoms with E-state index >= 15 is 0 Å². The Morgan fingerprint density at radius 2 is 1.75 bits per heavy atom. The molecule has 0 fully saturated rings. The second-order valence-electron chi connectivity index (χ2n) is 4.94. The molecule has 0 heterocycles. The van der Waals surface area contributed by atoms with Crippen molar-refractivity contribution in [2.45, 2.75) is 25.2 Å². The van der Waals surface area contributed by atoms with E-state index in [1.165, 1.54) is 0 Å². The summed E-state index contributed by atoms with van der Waals surface area (Å²) in [5.74, 6) is -1.25. The molecular formula is C13H18F3N3O. The molecule has 1 atom stereocenters. The monoisotopic (exact) mass is 289 g/mol. The third-order valence-corrected chi connectivity index (χ3v) is 2.97. The summed E-state index contributed by atoms with van der Waals surface area (Å²) in [5, 5.41) is 2.20. The molecule has 1 aromatic carbocycles. The SMILES string of the molecule is CN(C)c1ccc(CNC(=O)C(C)(N)C(F)(F)F)cc1. The van der Waals surface area contributed by atoms with E-state index in [0.717, 1.165) is 5.69 Å².